The van der Waals surface area contributed by atoms with Gasteiger partial charge in [-0.15, -0.1) is 0 Å². The van der Waals surface area contributed by atoms with E-state index < -0.39 is 0 Å². The molecule has 2 rings (SSSR count). The van der Waals surface area contributed by atoms with Crippen molar-refractivity contribution in [1.82, 2.24) is 9.78 Å². The molecule has 0 aliphatic carbocycles. The smallest absolute Gasteiger partial charge is 0.140 e. The first-order valence-corrected chi connectivity index (χ1v) is 6.15. The predicted molar refractivity (Wildman–Crippen MR) is 70.9 cm³/mol. The van der Waals surface area contributed by atoms with Crippen LogP contribution in [0.3, 0.4) is 0 Å². The van der Waals surface area contributed by atoms with Crippen molar-refractivity contribution in [1.29, 1.82) is 5.26 Å². The summed E-state index contributed by atoms with van der Waals surface area (Å²) >= 11 is 0. The van der Waals surface area contributed by atoms with Gasteiger partial charge in [0.2, 0.25) is 0 Å². The van der Waals surface area contributed by atoms with Crippen LogP contribution >= 0.6 is 0 Å². The van der Waals surface area contributed by atoms with Crippen molar-refractivity contribution in [3.05, 3.63) is 46.9 Å². The van der Waals surface area contributed by atoms with E-state index in [1.165, 1.54) is 12.1 Å². The molecule has 2 N–H and O–H groups in total. The Morgan fingerprint density at radius 3 is 2.89 bits per heavy atom. The molecule has 19 heavy (non-hydrogen) atoms. The van der Waals surface area contributed by atoms with Crippen molar-refractivity contribution < 1.29 is 4.39 Å². The Bertz CT molecular complexity index is 625. The second-order valence-electron chi connectivity index (χ2n) is 4.36. The zero-order valence-electron chi connectivity index (χ0n) is 10.7. The minimum Gasteiger partial charge on any atom is -0.383 e. The molecule has 0 amide bonds. The Hall–Kier alpha value is -2.35. The van der Waals surface area contributed by atoms with E-state index in [9.17, 15) is 4.39 Å². The highest BCUT2D eigenvalue weighted by Crippen LogP contribution is 2.18. The number of nitriles is 1. The molecule has 0 saturated heterocycles. The maximum atomic E-state index is 13.1. The minimum absolute atomic E-state index is 0.294. The lowest BCUT2D eigenvalue weighted by molar-refractivity contribution is 0.619. The van der Waals surface area contributed by atoms with E-state index in [-0.39, 0.29) is 5.82 Å². The largest absolute Gasteiger partial charge is 0.383 e. The fourth-order valence-corrected chi connectivity index (χ4v) is 1.99. The highest BCUT2D eigenvalue weighted by Gasteiger charge is 2.14. The normalized spacial score (nSPS) is 10.4. The third kappa shape index (κ3) is 2.74. The standard InChI is InChI=1S/C14H15FN4/c1-2-4-13-12(8-16)14(17)19(18-13)9-10-5-3-6-11(15)7-10/h3,5-7H,2,4,9,17H2,1H3. The first-order chi connectivity index (χ1) is 9.15. The Labute approximate surface area is 111 Å². The number of hydrogen-bond donors (Lipinski definition) is 1. The lowest BCUT2D eigenvalue weighted by atomic mass is 10.1. The van der Waals surface area contributed by atoms with Gasteiger partial charge in [-0.05, 0) is 24.1 Å². The van der Waals surface area contributed by atoms with Gasteiger partial charge in [-0.25, -0.2) is 9.07 Å². The summed E-state index contributed by atoms with van der Waals surface area (Å²) in [5.74, 6) is 0.0488. The molecular weight excluding hydrogens is 243 g/mol. The Morgan fingerprint density at radius 1 is 1.47 bits per heavy atom. The van der Waals surface area contributed by atoms with Gasteiger partial charge in [0.05, 0.1) is 12.2 Å². The molecule has 4 nitrogen and oxygen atoms in total. The van der Waals surface area contributed by atoms with E-state index in [2.05, 4.69) is 11.2 Å². The summed E-state index contributed by atoms with van der Waals surface area (Å²) in [4.78, 5) is 0. The molecule has 1 heterocycles. The lowest BCUT2D eigenvalue weighted by Crippen LogP contribution is -2.06. The molecular formula is C14H15FN4. The van der Waals surface area contributed by atoms with E-state index in [4.69, 9.17) is 11.0 Å². The van der Waals surface area contributed by atoms with Crippen LogP contribution in [0.25, 0.3) is 0 Å². The number of nitrogen functional groups attached to an aromatic ring is 1. The molecule has 0 radical (unpaired) electrons. The Balaban J connectivity index is 2.33. The number of anilines is 1. The summed E-state index contributed by atoms with van der Waals surface area (Å²) in [5, 5.41) is 13.4. The fourth-order valence-electron chi connectivity index (χ4n) is 1.99. The summed E-state index contributed by atoms with van der Waals surface area (Å²) < 4.78 is 14.7. The second-order valence-corrected chi connectivity index (χ2v) is 4.36. The van der Waals surface area contributed by atoms with Gasteiger partial charge in [-0.1, -0.05) is 25.5 Å². The quantitative estimate of drug-likeness (QED) is 0.916. The van der Waals surface area contributed by atoms with Crippen LogP contribution in [0, 0.1) is 17.1 Å². The van der Waals surface area contributed by atoms with E-state index >= 15 is 0 Å². The number of aryl methyl sites for hydroxylation is 1. The van der Waals surface area contributed by atoms with E-state index in [1.54, 1.807) is 16.8 Å². The minimum atomic E-state index is -0.294. The van der Waals surface area contributed by atoms with Crippen LogP contribution in [0.5, 0.6) is 0 Å². The summed E-state index contributed by atoms with van der Waals surface area (Å²) in [6.07, 6.45) is 1.61. The second kappa shape index (κ2) is 5.53. The third-order valence-electron chi connectivity index (χ3n) is 2.88. The van der Waals surface area contributed by atoms with Gasteiger partial charge in [-0.2, -0.15) is 10.4 Å². The van der Waals surface area contributed by atoms with Crippen molar-refractivity contribution in [2.75, 3.05) is 5.73 Å². The monoisotopic (exact) mass is 258 g/mol. The van der Waals surface area contributed by atoms with Gasteiger partial charge in [0.25, 0.3) is 0 Å². The SMILES string of the molecule is CCCc1nn(Cc2cccc(F)c2)c(N)c1C#N. The molecule has 0 unspecified atom stereocenters. The van der Waals surface area contributed by atoms with Crippen molar-refractivity contribution in [2.45, 2.75) is 26.3 Å². The number of halogens is 1. The number of benzene rings is 1. The fraction of sp³-hybridized carbons (Fsp3) is 0.286. The number of aromatic nitrogens is 2. The van der Waals surface area contributed by atoms with Gasteiger partial charge in [0, 0.05) is 0 Å². The lowest BCUT2D eigenvalue weighted by Gasteiger charge is -2.04. The zero-order chi connectivity index (χ0) is 13.8. The van der Waals surface area contributed by atoms with Gasteiger partial charge >= 0.3 is 0 Å². The maximum absolute atomic E-state index is 13.1. The van der Waals surface area contributed by atoms with Crippen LogP contribution in [0.15, 0.2) is 24.3 Å². The average Bonchev–Trinajstić information content (AvgIpc) is 2.66. The van der Waals surface area contributed by atoms with Gasteiger partial charge in [-0.3, -0.25) is 0 Å². The van der Waals surface area contributed by atoms with Crippen LogP contribution in [0.4, 0.5) is 10.2 Å². The van der Waals surface area contributed by atoms with Crippen molar-refractivity contribution in [3.63, 3.8) is 0 Å². The van der Waals surface area contributed by atoms with Crippen LogP contribution in [-0.2, 0) is 13.0 Å². The Kier molecular flexibility index (Phi) is 3.81. The van der Waals surface area contributed by atoms with Crippen LogP contribution < -0.4 is 5.73 Å². The van der Waals surface area contributed by atoms with Crippen molar-refractivity contribution in [2.24, 2.45) is 0 Å². The van der Waals surface area contributed by atoms with Crippen LogP contribution in [0.2, 0.25) is 0 Å². The van der Waals surface area contributed by atoms with E-state index in [1.807, 2.05) is 6.92 Å². The first-order valence-electron chi connectivity index (χ1n) is 6.15. The molecule has 0 aliphatic rings. The predicted octanol–water partition coefficient (Wildman–Crippen LogP) is 2.48. The summed E-state index contributed by atoms with van der Waals surface area (Å²) in [6.45, 7) is 2.38. The zero-order valence-corrected chi connectivity index (χ0v) is 10.7. The topological polar surface area (TPSA) is 67.6 Å². The van der Waals surface area contributed by atoms with Gasteiger partial charge in [0.1, 0.15) is 23.3 Å². The number of rotatable bonds is 4. The highest BCUT2D eigenvalue weighted by molar-refractivity contribution is 5.52. The molecule has 1 aromatic heterocycles. The number of nitrogens with two attached hydrogens (primary N) is 1. The summed E-state index contributed by atoms with van der Waals surface area (Å²) in [5.41, 5.74) is 7.82. The van der Waals surface area contributed by atoms with Crippen molar-refractivity contribution in [3.8, 4) is 6.07 Å². The van der Waals surface area contributed by atoms with Crippen molar-refractivity contribution >= 4 is 5.82 Å². The van der Waals surface area contributed by atoms with E-state index in [0.29, 0.717) is 30.0 Å². The molecule has 0 fully saturated rings. The molecule has 0 bridgehead atoms. The summed E-state index contributed by atoms with van der Waals surface area (Å²) in [7, 11) is 0. The van der Waals surface area contributed by atoms with Gasteiger partial charge < -0.3 is 5.73 Å². The van der Waals surface area contributed by atoms with E-state index in [0.717, 1.165) is 12.0 Å². The maximum Gasteiger partial charge on any atom is 0.140 e. The first kappa shape index (κ1) is 13.1. The molecule has 5 heteroatoms. The third-order valence-corrected chi connectivity index (χ3v) is 2.88. The molecule has 0 spiro atoms. The van der Waals surface area contributed by atoms with Crippen LogP contribution in [0.1, 0.15) is 30.2 Å². The highest BCUT2D eigenvalue weighted by atomic mass is 19.1. The van der Waals surface area contributed by atoms with Crippen LogP contribution in [-0.4, -0.2) is 9.78 Å². The van der Waals surface area contributed by atoms with Gasteiger partial charge in [0.15, 0.2) is 0 Å². The molecule has 0 saturated carbocycles. The molecule has 98 valence electrons. The molecule has 1 aromatic carbocycles. The number of hydrogen-bond acceptors (Lipinski definition) is 3. The Morgan fingerprint density at radius 2 is 2.26 bits per heavy atom. The molecule has 0 aliphatic heterocycles. The average molecular weight is 258 g/mol. The summed E-state index contributed by atoms with van der Waals surface area (Å²) in [6, 6.07) is 8.35. The number of nitrogens with zero attached hydrogens (tertiary/aromatic N) is 3. The molecule has 2 aromatic rings. The molecule has 0 atom stereocenters.